The smallest absolute Gasteiger partial charge is 0.251 e. The van der Waals surface area contributed by atoms with Crippen LogP contribution in [0.1, 0.15) is 16.8 Å². The summed E-state index contributed by atoms with van der Waals surface area (Å²) in [6, 6.07) is 6.58. The van der Waals surface area contributed by atoms with Crippen LogP contribution in [0.5, 0.6) is 0 Å². The van der Waals surface area contributed by atoms with Gasteiger partial charge in [0, 0.05) is 17.9 Å². The van der Waals surface area contributed by atoms with E-state index in [0.29, 0.717) is 24.5 Å². The van der Waals surface area contributed by atoms with Crippen molar-refractivity contribution >= 4 is 17.5 Å². The van der Waals surface area contributed by atoms with Crippen molar-refractivity contribution in [3.63, 3.8) is 0 Å². The SMILES string of the molecule is Nc1ccc(C(=O)NCC(=O)NC2CCOC2)cc1. The van der Waals surface area contributed by atoms with Crippen molar-refractivity contribution in [3.8, 4) is 0 Å². The van der Waals surface area contributed by atoms with E-state index >= 15 is 0 Å². The molecule has 1 fully saturated rings. The number of rotatable bonds is 4. The summed E-state index contributed by atoms with van der Waals surface area (Å²) < 4.78 is 5.15. The Morgan fingerprint density at radius 2 is 2.05 bits per heavy atom. The summed E-state index contributed by atoms with van der Waals surface area (Å²) in [5.74, 6) is -0.503. The highest BCUT2D eigenvalue weighted by Gasteiger charge is 2.17. The van der Waals surface area contributed by atoms with Gasteiger partial charge in [0.15, 0.2) is 0 Å². The number of nitrogens with one attached hydrogen (secondary N) is 2. The molecule has 1 atom stereocenters. The second kappa shape index (κ2) is 6.19. The Morgan fingerprint density at radius 1 is 1.32 bits per heavy atom. The number of carbonyl (C=O) groups excluding carboxylic acids is 2. The van der Waals surface area contributed by atoms with E-state index in [0.717, 1.165) is 6.42 Å². The highest BCUT2D eigenvalue weighted by Crippen LogP contribution is 2.05. The van der Waals surface area contributed by atoms with Crippen LogP contribution in [0.15, 0.2) is 24.3 Å². The van der Waals surface area contributed by atoms with Crippen molar-refractivity contribution in [2.24, 2.45) is 0 Å². The second-order valence-electron chi connectivity index (χ2n) is 4.43. The zero-order valence-corrected chi connectivity index (χ0v) is 10.5. The third-order valence-corrected chi connectivity index (χ3v) is 2.88. The number of nitrogen functional groups attached to an aromatic ring is 1. The highest BCUT2D eigenvalue weighted by molar-refractivity contribution is 5.96. The molecule has 2 rings (SSSR count). The molecule has 2 amide bonds. The first kappa shape index (κ1) is 13.4. The van der Waals surface area contributed by atoms with Gasteiger partial charge in [-0.25, -0.2) is 0 Å². The minimum absolute atomic E-state index is 0.0420. The Bertz CT molecular complexity index is 453. The van der Waals surface area contributed by atoms with Crippen LogP contribution < -0.4 is 16.4 Å². The van der Waals surface area contributed by atoms with Gasteiger partial charge in [0.25, 0.3) is 5.91 Å². The number of carbonyl (C=O) groups is 2. The van der Waals surface area contributed by atoms with Crippen LogP contribution in [0.2, 0.25) is 0 Å². The minimum atomic E-state index is -0.294. The van der Waals surface area contributed by atoms with Crippen LogP contribution in [0, 0.1) is 0 Å². The van der Waals surface area contributed by atoms with Crippen molar-refractivity contribution in [1.82, 2.24) is 10.6 Å². The summed E-state index contributed by atoms with van der Waals surface area (Å²) in [4.78, 5) is 23.3. The average Bonchev–Trinajstić information content (AvgIpc) is 2.89. The summed E-state index contributed by atoms with van der Waals surface area (Å²) in [6.45, 7) is 1.17. The molecule has 6 heteroatoms. The first-order valence-electron chi connectivity index (χ1n) is 6.16. The van der Waals surface area contributed by atoms with E-state index in [1.165, 1.54) is 0 Å². The van der Waals surface area contributed by atoms with Crippen molar-refractivity contribution in [3.05, 3.63) is 29.8 Å². The summed E-state index contributed by atoms with van der Waals surface area (Å²) in [6.07, 6.45) is 0.817. The summed E-state index contributed by atoms with van der Waals surface area (Å²) in [7, 11) is 0. The maximum absolute atomic E-state index is 11.7. The maximum atomic E-state index is 11.7. The van der Waals surface area contributed by atoms with Crippen LogP contribution >= 0.6 is 0 Å². The van der Waals surface area contributed by atoms with Crippen molar-refractivity contribution in [2.45, 2.75) is 12.5 Å². The lowest BCUT2D eigenvalue weighted by atomic mass is 10.2. The molecule has 0 spiro atoms. The lowest BCUT2D eigenvalue weighted by Crippen LogP contribution is -2.42. The fraction of sp³-hybridized carbons (Fsp3) is 0.385. The van der Waals surface area contributed by atoms with Gasteiger partial charge in [-0.05, 0) is 30.7 Å². The molecule has 0 saturated carbocycles. The summed E-state index contributed by atoms with van der Waals surface area (Å²) in [5.41, 5.74) is 6.60. The molecule has 19 heavy (non-hydrogen) atoms. The van der Waals surface area contributed by atoms with E-state index in [4.69, 9.17) is 10.5 Å². The van der Waals surface area contributed by atoms with Crippen LogP contribution in [-0.2, 0) is 9.53 Å². The van der Waals surface area contributed by atoms with E-state index in [2.05, 4.69) is 10.6 Å². The molecule has 1 heterocycles. The molecule has 6 nitrogen and oxygen atoms in total. The van der Waals surface area contributed by atoms with Crippen LogP contribution in [0.25, 0.3) is 0 Å². The number of ether oxygens (including phenoxy) is 1. The summed E-state index contributed by atoms with van der Waals surface area (Å²) >= 11 is 0. The lowest BCUT2D eigenvalue weighted by molar-refractivity contribution is -0.120. The molecule has 4 N–H and O–H groups in total. The Hall–Kier alpha value is -2.08. The van der Waals surface area contributed by atoms with E-state index in [1.54, 1.807) is 24.3 Å². The second-order valence-corrected chi connectivity index (χ2v) is 4.43. The predicted molar refractivity (Wildman–Crippen MR) is 70.6 cm³/mol. The Kier molecular flexibility index (Phi) is 4.35. The van der Waals surface area contributed by atoms with Crippen LogP contribution in [0.3, 0.4) is 0 Å². The van der Waals surface area contributed by atoms with Crippen molar-refractivity contribution < 1.29 is 14.3 Å². The van der Waals surface area contributed by atoms with Gasteiger partial charge in [-0.1, -0.05) is 0 Å². The standard InChI is InChI=1S/C13H17N3O3/c14-10-3-1-9(2-4-10)13(18)15-7-12(17)16-11-5-6-19-8-11/h1-4,11H,5-8,14H2,(H,15,18)(H,16,17). The Labute approximate surface area is 111 Å². The van der Waals surface area contributed by atoms with Gasteiger partial charge in [0.1, 0.15) is 0 Å². The number of nitrogens with two attached hydrogens (primary N) is 1. The molecule has 1 aliphatic rings. The molecule has 102 valence electrons. The lowest BCUT2D eigenvalue weighted by Gasteiger charge is -2.11. The van der Waals surface area contributed by atoms with Crippen molar-refractivity contribution in [2.75, 3.05) is 25.5 Å². The quantitative estimate of drug-likeness (QED) is 0.661. The van der Waals surface area contributed by atoms with Gasteiger partial charge in [-0.2, -0.15) is 0 Å². The number of hydrogen-bond acceptors (Lipinski definition) is 4. The molecule has 0 aliphatic carbocycles. The topological polar surface area (TPSA) is 93.5 Å². The Balaban J connectivity index is 1.76. The van der Waals surface area contributed by atoms with Crippen LogP contribution in [-0.4, -0.2) is 37.6 Å². The molecule has 1 unspecified atom stereocenters. The number of anilines is 1. The number of amides is 2. The molecule has 1 aromatic rings. The average molecular weight is 263 g/mol. The van der Waals surface area contributed by atoms with Crippen molar-refractivity contribution in [1.29, 1.82) is 0 Å². The molecular weight excluding hydrogens is 246 g/mol. The fourth-order valence-corrected chi connectivity index (χ4v) is 1.82. The molecule has 1 aliphatic heterocycles. The minimum Gasteiger partial charge on any atom is -0.399 e. The van der Waals surface area contributed by atoms with Gasteiger partial charge < -0.3 is 21.1 Å². The Morgan fingerprint density at radius 3 is 2.68 bits per heavy atom. The van der Waals surface area contributed by atoms with Gasteiger partial charge in [0.2, 0.25) is 5.91 Å². The van der Waals surface area contributed by atoms with Gasteiger partial charge in [-0.3, -0.25) is 9.59 Å². The third kappa shape index (κ3) is 3.96. The number of hydrogen-bond donors (Lipinski definition) is 3. The molecule has 0 radical (unpaired) electrons. The van der Waals surface area contributed by atoms with Gasteiger partial charge in [0.05, 0.1) is 19.2 Å². The highest BCUT2D eigenvalue weighted by atomic mass is 16.5. The van der Waals surface area contributed by atoms with E-state index in [-0.39, 0.29) is 24.4 Å². The first-order chi connectivity index (χ1) is 9.15. The van der Waals surface area contributed by atoms with Gasteiger partial charge >= 0.3 is 0 Å². The molecular formula is C13H17N3O3. The fourth-order valence-electron chi connectivity index (χ4n) is 1.82. The monoisotopic (exact) mass is 263 g/mol. The summed E-state index contributed by atoms with van der Waals surface area (Å²) in [5, 5.41) is 5.36. The largest absolute Gasteiger partial charge is 0.399 e. The maximum Gasteiger partial charge on any atom is 0.251 e. The molecule has 1 saturated heterocycles. The normalized spacial score (nSPS) is 18.0. The van der Waals surface area contributed by atoms with E-state index in [9.17, 15) is 9.59 Å². The van der Waals surface area contributed by atoms with Crippen LogP contribution in [0.4, 0.5) is 5.69 Å². The van der Waals surface area contributed by atoms with Gasteiger partial charge in [-0.15, -0.1) is 0 Å². The predicted octanol–water partition coefficient (Wildman–Crippen LogP) is -0.0963. The van der Waals surface area contributed by atoms with E-state index in [1.807, 2.05) is 0 Å². The zero-order chi connectivity index (χ0) is 13.7. The third-order valence-electron chi connectivity index (χ3n) is 2.88. The molecule has 0 aromatic heterocycles. The van der Waals surface area contributed by atoms with E-state index < -0.39 is 0 Å². The number of benzene rings is 1. The molecule has 0 bridgehead atoms. The first-order valence-corrected chi connectivity index (χ1v) is 6.16. The molecule has 1 aromatic carbocycles. The zero-order valence-electron chi connectivity index (χ0n) is 10.5.